The molecule has 0 fully saturated rings. The van der Waals surface area contributed by atoms with E-state index >= 15 is 0 Å². The van der Waals surface area contributed by atoms with Crippen LogP contribution in [-0.2, 0) is 0 Å². The van der Waals surface area contributed by atoms with E-state index in [1.54, 1.807) is 0 Å². The van der Waals surface area contributed by atoms with Crippen LogP contribution in [0.15, 0.2) is 18.2 Å². The Kier molecular flexibility index (Phi) is 4.75. The number of carbonyl (C=O) groups is 2. The summed E-state index contributed by atoms with van der Waals surface area (Å²) in [6.45, 7) is 0. The molecule has 120 valence electrons. The van der Waals surface area contributed by atoms with Gasteiger partial charge in [0, 0.05) is 0 Å². The molecule has 7 nitrogen and oxygen atoms in total. The highest BCUT2D eigenvalue weighted by atomic mass is 35.5. The van der Waals surface area contributed by atoms with Crippen LogP contribution in [0.5, 0.6) is 11.8 Å². The van der Waals surface area contributed by atoms with E-state index in [1.165, 1.54) is 20.3 Å². The number of aromatic carboxylic acids is 1. The molecule has 0 aliphatic rings. The maximum Gasteiger partial charge on any atom is 0.338 e. The van der Waals surface area contributed by atoms with Gasteiger partial charge in [-0.2, -0.15) is 9.97 Å². The predicted molar refractivity (Wildman–Crippen MR) is 76.9 cm³/mol. The van der Waals surface area contributed by atoms with Crippen LogP contribution in [0.25, 0.3) is 0 Å². The van der Waals surface area contributed by atoms with Crippen LogP contribution in [0, 0.1) is 5.82 Å². The first kappa shape index (κ1) is 16.6. The molecule has 1 aromatic carbocycles. The second-order valence-corrected chi connectivity index (χ2v) is 4.60. The van der Waals surface area contributed by atoms with Crippen LogP contribution in [0.4, 0.5) is 4.39 Å². The van der Waals surface area contributed by atoms with Gasteiger partial charge in [0.15, 0.2) is 0 Å². The Hall–Kier alpha value is -2.74. The van der Waals surface area contributed by atoms with Gasteiger partial charge in [-0.25, -0.2) is 9.18 Å². The van der Waals surface area contributed by atoms with E-state index in [0.29, 0.717) is 0 Å². The molecule has 0 bridgehead atoms. The zero-order valence-electron chi connectivity index (χ0n) is 12.0. The fourth-order valence-electron chi connectivity index (χ4n) is 1.81. The number of ether oxygens (including phenoxy) is 2. The number of nitrogens with zero attached hydrogens (tertiary/aromatic N) is 2. The number of halogens is 2. The van der Waals surface area contributed by atoms with E-state index in [4.69, 9.17) is 21.1 Å². The van der Waals surface area contributed by atoms with Crippen molar-refractivity contribution in [1.82, 2.24) is 9.97 Å². The minimum absolute atomic E-state index is 0.000453. The summed E-state index contributed by atoms with van der Waals surface area (Å²) in [5.41, 5.74) is -1.40. The number of rotatable bonds is 5. The lowest BCUT2D eigenvalue weighted by molar-refractivity contribution is 0.0692. The summed E-state index contributed by atoms with van der Waals surface area (Å²) >= 11 is 5.76. The first-order valence-electron chi connectivity index (χ1n) is 6.12. The normalized spacial score (nSPS) is 10.3. The highest BCUT2D eigenvalue weighted by Crippen LogP contribution is 2.26. The number of methoxy groups -OCH3 is 2. The molecule has 0 aliphatic carbocycles. The lowest BCUT2D eigenvalue weighted by Gasteiger charge is -2.09. The largest absolute Gasteiger partial charge is 0.481 e. The Morgan fingerprint density at radius 2 is 1.70 bits per heavy atom. The van der Waals surface area contributed by atoms with Gasteiger partial charge in [0.05, 0.1) is 36.4 Å². The molecular formula is C14H10ClFN2O5. The van der Waals surface area contributed by atoms with Gasteiger partial charge in [-0.15, -0.1) is 0 Å². The minimum atomic E-state index is -1.55. The van der Waals surface area contributed by atoms with Gasteiger partial charge >= 0.3 is 5.97 Å². The molecule has 1 aromatic heterocycles. The molecule has 2 aromatic rings. The van der Waals surface area contributed by atoms with Gasteiger partial charge in [-0.1, -0.05) is 11.6 Å². The average molecular weight is 341 g/mol. The van der Waals surface area contributed by atoms with E-state index in [1.807, 2.05) is 0 Å². The van der Waals surface area contributed by atoms with Crippen molar-refractivity contribution in [2.45, 2.75) is 0 Å². The molecule has 23 heavy (non-hydrogen) atoms. The maximum absolute atomic E-state index is 14.0. The summed E-state index contributed by atoms with van der Waals surface area (Å²) in [5.74, 6) is -4.14. The number of aromatic nitrogens is 2. The highest BCUT2D eigenvalue weighted by Gasteiger charge is 2.27. The molecule has 9 heteroatoms. The Bertz CT molecular complexity index is 775. The number of ketones is 1. The number of hydrogen-bond donors (Lipinski definition) is 1. The van der Waals surface area contributed by atoms with E-state index < -0.39 is 34.5 Å². The van der Waals surface area contributed by atoms with Crippen LogP contribution >= 0.6 is 11.6 Å². The summed E-state index contributed by atoms with van der Waals surface area (Å²) in [4.78, 5) is 31.3. The molecule has 0 radical (unpaired) electrons. The van der Waals surface area contributed by atoms with Crippen LogP contribution in [-0.4, -0.2) is 41.0 Å². The van der Waals surface area contributed by atoms with Crippen molar-refractivity contribution in [2.24, 2.45) is 0 Å². The number of carboxylic acid groups (broad SMARTS) is 1. The fraction of sp³-hybridized carbons (Fsp3) is 0.143. The molecular weight excluding hydrogens is 331 g/mol. The van der Waals surface area contributed by atoms with E-state index in [9.17, 15) is 19.1 Å². The lowest BCUT2D eigenvalue weighted by atomic mass is 10.0. The number of hydrogen-bond acceptors (Lipinski definition) is 6. The fourth-order valence-corrected chi connectivity index (χ4v) is 2.05. The maximum atomic E-state index is 14.0. The quantitative estimate of drug-likeness (QED) is 0.833. The van der Waals surface area contributed by atoms with Gasteiger partial charge in [-0.3, -0.25) is 4.79 Å². The predicted octanol–water partition coefficient (Wildman–Crippen LogP) is 2.22. The van der Waals surface area contributed by atoms with E-state index in [-0.39, 0.29) is 16.8 Å². The van der Waals surface area contributed by atoms with Crippen LogP contribution < -0.4 is 9.47 Å². The number of carbonyl (C=O) groups excluding carboxylic acids is 1. The van der Waals surface area contributed by atoms with Crippen molar-refractivity contribution < 1.29 is 28.6 Å². The van der Waals surface area contributed by atoms with Crippen molar-refractivity contribution in [3.63, 3.8) is 0 Å². The van der Waals surface area contributed by atoms with Crippen LogP contribution in [0.1, 0.15) is 26.5 Å². The molecule has 2 rings (SSSR count). The van der Waals surface area contributed by atoms with Crippen molar-refractivity contribution >= 4 is 23.4 Å². The standard InChI is InChI=1S/C14H10ClFN2O5/c1-22-8-5-9(23-2)18-13(17-8)12(19)11-7(16)4-3-6(15)10(11)14(20)21/h3-5H,1-2H3,(H,20,21). The zero-order valence-corrected chi connectivity index (χ0v) is 12.7. The zero-order chi connectivity index (χ0) is 17.1. The first-order valence-corrected chi connectivity index (χ1v) is 6.49. The average Bonchev–Trinajstić information content (AvgIpc) is 2.55. The number of carboxylic acids is 1. The van der Waals surface area contributed by atoms with Gasteiger partial charge in [0.25, 0.3) is 0 Å². The monoisotopic (exact) mass is 340 g/mol. The lowest BCUT2D eigenvalue weighted by Crippen LogP contribution is -2.16. The summed E-state index contributed by atoms with van der Waals surface area (Å²) in [6.07, 6.45) is 0. The van der Waals surface area contributed by atoms with Crippen molar-refractivity contribution in [2.75, 3.05) is 14.2 Å². The minimum Gasteiger partial charge on any atom is -0.481 e. The molecule has 0 saturated carbocycles. The van der Waals surface area contributed by atoms with Crippen molar-refractivity contribution in [3.05, 3.63) is 46.0 Å². The molecule has 0 saturated heterocycles. The van der Waals surface area contributed by atoms with Crippen LogP contribution in [0.3, 0.4) is 0 Å². The first-order chi connectivity index (χ1) is 10.9. The van der Waals surface area contributed by atoms with Gasteiger partial charge < -0.3 is 14.6 Å². The third-order valence-corrected chi connectivity index (χ3v) is 3.16. The molecule has 0 aliphatic heterocycles. The number of benzene rings is 1. The second-order valence-electron chi connectivity index (χ2n) is 4.19. The topological polar surface area (TPSA) is 98.6 Å². The molecule has 0 amide bonds. The van der Waals surface area contributed by atoms with Gasteiger partial charge in [-0.05, 0) is 12.1 Å². The van der Waals surface area contributed by atoms with E-state index in [2.05, 4.69) is 9.97 Å². The summed E-state index contributed by atoms with van der Waals surface area (Å²) < 4.78 is 23.8. The third-order valence-electron chi connectivity index (χ3n) is 2.85. The smallest absolute Gasteiger partial charge is 0.338 e. The Morgan fingerprint density at radius 1 is 1.13 bits per heavy atom. The molecule has 0 spiro atoms. The SMILES string of the molecule is COc1cc(OC)nc(C(=O)c2c(F)ccc(Cl)c2C(=O)O)n1. The van der Waals surface area contributed by atoms with Crippen molar-refractivity contribution in [1.29, 1.82) is 0 Å². The summed E-state index contributed by atoms with van der Waals surface area (Å²) in [7, 11) is 2.61. The molecule has 0 unspecified atom stereocenters. The third kappa shape index (κ3) is 3.21. The van der Waals surface area contributed by atoms with Crippen LogP contribution in [0.2, 0.25) is 5.02 Å². The van der Waals surface area contributed by atoms with Gasteiger partial charge in [0.2, 0.25) is 23.4 Å². The van der Waals surface area contributed by atoms with Gasteiger partial charge in [0.1, 0.15) is 5.82 Å². The molecule has 0 atom stereocenters. The second kappa shape index (κ2) is 6.57. The summed E-state index contributed by atoms with van der Waals surface area (Å²) in [5, 5.41) is 8.89. The summed E-state index contributed by atoms with van der Waals surface area (Å²) in [6, 6.07) is 3.24. The Balaban J connectivity index is 2.66. The Morgan fingerprint density at radius 3 is 2.17 bits per heavy atom. The molecule has 1 heterocycles. The highest BCUT2D eigenvalue weighted by molar-refractivity contribution is 6.34. The van der Waals surface area contributed by atoms with Crippen molar-refractivity contribution in [3.8, 4) is 11.8 Å². The Labute approximate surface area is 134 Å². The van der Waals surface area contributed by atoms with E-state index in [0.717, 1.165) is 12.1 Å². The molecule has 1 N–H and O–H groups in total.